The molecular formula is C19H28N4O4. The van der Waals surface area contributed by atoms with Crippen LogP contribution >= 0.6 is 0 Å². The third kappa shape index (κ3) is 4.43. The summed E-state index contributed by atoms with van der Waals surface area (Å²) in [5.74, 6) is 0.824. The molecule has 0 bridgehead atoms. The summed E-state index contributed by atoms with van der Waals surface area (Å²) in [6.45, 7) is 6.84. The molecule has 0 aliphatic carbocycles. The second-order valence-corrected chi connectivity index (χ2v) is 7.81. The molecule has 0 saturated carbocycles. The number of nitrogens with one attached hydrogen (secondary N) is 2. The summed E-state index contributed by atoms with van der Waals surface area (Å²) in [6, 6.07) is 2.71. The van der Waals surface area contributed by atoms with Crippen LogP contribution in [0, 0.1) is 5.92 Å². The Morgan fingerprint density at radius 3 is 2.74 bits per heavy atom. The maximum absolute atomic E-state index is 13.1. The Balaban J connectivity index is 1.71. The van der Waals surface area contributed by atoms with Gasteiger partial charge in [-0.1, -0.05) is 13.8 Å². The average molecular weight is 376 g/mol. The molecule has 0 unspecified atom stereocenters. The molecule has 2 aliphatic heterocycles. The highest BCUT2D eigenvalue weighted by molar-refractivity contribution is 5.89. The summed E-state index contributed by atoms with van der Waals surface area (Å²) < 4.78 is 5.26. The molecule has 2 aliphatic rings. The van der Waals surface area contributed by atoms with Gasteiger partial charge in [0.05, 0.1) is 18.8 Å². The minimum atomic E-state index is -0.478. The average Bonchev–Trinajstić information content (AvgIpc) is 3.23. The van der Waals surface area contributed by atoms with Crippen molar-refractivity contribution in [3.63, 3.8) is 0 Å². The number of fused-ring (bicyclic) bond motifs is 1. The first kappa shape index (κ1) is 19.3. The third-order valence-electron chi connectivity index (χ3n) is 5.12. The predicted molar refractivity (Wildman–Crippen MR) is 98.6 cm³/mol. The van der Waals surface area contributed by atoms with Gasteiger partial charge < -0.3 is 24.9 Å². The first-order valence-corrected chi connectivity index (χ1v) is 9.49. The number of rotatable bonds is 5. The van der Waals surface area contributed by atoms with Crippen molar-refractivity contribution in [1.82, 2.24) is 20.4 Å². The van der Waals surface area contributed by atoms with Crippen LogP contribution in [0.5, 0.6) is 0 Å². The van der Waals surface area contributed by atoms with Crippen molar-refractivity contribution < 1.29 is 18.8 Å². The van der Waals surface area contributed by atoms with E-state index in [-0.39, 0.29) is 42.4 Å². The Labute approximate surface area is 159 Å². The third-order valence-corrected chi connectivity index (χ3v) is 5.12. The van der Waals surface area contributed by atoms with Crippen molar-refractivity contribution in [2.24, 2.45) is 5.92 Å². The maximum Gasteiger partial charge on any atom is 0.318 e. The molecule has 4 amide bonds. The fraction of sp³-hybridized carbons (Fsp3) is 0.632. The van der Waals surface area contributed by atoms with Gasteiger partial charge in [0.15, 0.2) is 0 Å². The van der Waals surface area contributed by atoms with Gasteiger partial charge in [0.1, 0.15) is 11.8 Å². The smallest absolute Gasteiger partial charge is 0.318 e. The maximum atomic E-state index is 13.1. The number of hydrogen-bond donors (Lipinski definition) is 2. The van der Waals surface area contributed by atoms with Crippen LogP contribution in [-0.4, -0.2) is 58.9 Å². The molecule has 8 heteroatoms. The van der Waals surface area contributed by atoms with Crippen molar-refractivity contribution in [3.8, 4) is 0 Å². The van der Waals surface area contributed by atoms with Crippen LogP contribution < -0.4 is 10.6 Å². The van der Waals surface area contributed by atoms with E-state index >= 15 is 0 Å². The van der Waals surface area contributed by atoms with E-state index < -0.39 is 6.04 Å². The highest BCUT2D eigenvalue weighted by Gasteiger charge is 2.47. The lowest BCUT2D eigenvalue weighted by Gasteiger charge is -2.43. The van der Waals surface area contributed by atoms with Crippen LogP contribution in [0.1, 0.15) is 39.4 Å². The molecule has 2 saturated heterocycles. The second-order valence-electron chi connectivity index (χ2n) is 7.81. The highest BCUT2D eigenvalue weighted by Crippen LogP contribution is 2.29. The van der Waals surface area contributed by atoms with Gasteiger partial charge in [-0.2, -0.15) is 0 Å². The van der Waals surface area contributed by atoms with Gasteiger partial charge >= 0.3 is 6.03 Å². The largest absolute Gasteiger partial charge is 0.467 e. The normalized spacial score (nSPS) is 24.9. The molecule has 2 N–H and O–H groups in total. The number of carbonyl (C=O) groups is 3. The van der Waals surface area contributed by atoms with Crippen LogP contribution in [-0.2, 0) is 16.1 Å². The molecule has 0 spiro atoms. The first-order valence-electron chi connectivity index (χ1n) is 9.49. The zero-order chi connectivity index (χ0) is 19.6. The minimum Gasteiger partial charge on any atom is -0.467 e. The molecule has 2 fully saturated rings. The zero-order valence-electron chi connectivity index (χ0n) is 16.1. The van der Waals surface area contributed by atoms with Gasteiger partial charge in [-0.05, 0) is 30.9 Å². The Kier molecular flexibility index (Phi) is 5.72. The number of hydrogen-bond acceptors (Lipinski definition) is 4. The van der Waals surface area contributed by atoms with E-state index in [0.717, 1.165) is 0 Å². The fourth-order valence-corrected chi connectivity index (χ4v) is 4.01. The number of piperazine rings is 1. The highest BCUT2D eigenvalue weighted by atomic mass is 16.3. The second kappa shape index (κ2) is 8.02. The summed E-state index contributed by atoms with van der Waals surface area (Å²) in [6.07, 6.45) is 2.84. The number of nitrogens with zero attached hydrogens (tertiary/aromatic N) is 2. The fourth-order valence-electron chi connectivity index (χ4n) is 4.01. The van der Waals surface area contributed by atoms with E-state index in [9.17, 15) is 14.4 Å². The molecule has 3 heterocycles. The van der Waals surface area contributed by atoms with E-state index in [1.807, 2.05) is 18.7 Å². The Morgan fingerprint density at radius 2 is 2.11 bits per heavy atom. The lowest BCUT2D eigenvalue weighted by atomic mass is 9.97. The predicted octanol–water partition coefficient (Wildman–Crippen LogP) is 1.33. The monoisotopic (exact) mass is 376 g/mol. The molecule has 0 aromatic carbocycles. The van der Waals surface area contributed by atoms with Gasteiger partial charge in [-0.3, -0.25) is 9.59 Å². The first-order chi connectivity index (χ1) is 12.8. The Bertz CT molecular complexity index is 688. The van der Waals surface area contributed by atoms with Gasteiger partial charge in [-0.15, -0.1) is 0 Å². The molecular weight excluding hydrogens is 348 g/mol. The van der Waals surface area contributed by atoms with E-state index in [1.54, 1.807) is 23.3 Å². The molecule has 3 atom stereocenters. The van der Waals surface area contributed by atoms with Crippen LogP contribution in [0.2, 0.25) is 0 Å². The Morgan fingerprint density at radius 1 is 1.33 bits per heavy atom. The number of urea groups is 1. The van der Waals surface area contributed by atoms with E-state index in [0.29, 0.717) is 31.7 Å². The SMILES string of the molecule is CC(=O)N[C@H]1C[C@H]2CN(C(=O)NCc3ccco3)[C@@H](CC(C)C)C(=O)N2C1. The quantitative estimate of drug-likeness (QED) is 0.810. The van der Waals surface area contributed by atoms with Gasteiger partial charge in [0, 0.05) is 26.1 Å². The van der Waals surface area contributed by atoms with Crippen LogP contribution in [0.15, 0.2) is 22.8 Å². The lowest BCUT2D eigenvalue weighted by Crippen LogP contribution is -2.63. The number of furan rings is 1. The number of amides is 4. The van der Waals surface area contributed by atoms with Gasteiger partial charge in [0.2, 0.25) is 11.8 Å². The van der Waals surface area contributed by atoms with Gasteiger partial charge in [0.25, 0.3) is 0 Å². The van der Waals surface area contributed by atoms with Crippen LogP contribution in [0.4, 0.5) is 4.79 Å². The summed E-state index contributed by atoms with van der Waals surface area (Å²) in [5, 5.41) is 5.75. The van der Waals surface area contributed by atoms with Crippen molar-refractivity contribution >= 4 is 17.8 Å². The molecule has 27 heavy (non-hydrogen) atoms. The van der Waals surface area contributed by atoms with Crippen LogP contribution in [0.3, 0.4) is 0 Å². The Hall–Kier alpha value is -2.51. The topological polar surface area (TPSA) is 94.9 Å². The van der Waals surface area contributed by atoms with Crippen molar-refractivity contribution in [1.29, 1.82) is 0 Å². The van der Waals surface area contributed by atoms with Crippen molar-refractivity contribution in [3.05, 3.63) is 24.2 Å². The van der Waals surface area contributed by atoms with Gasteiger partial charge in [-0.25, -0.2) is 4.79 Å². The summed E-state index contributed by atoms with van der Waals surface area (Å²) in [4.78, 5) is 40.8. The molecule has 1 aromatic heterocycles. The summed E-state index contributed by atoms with van der Waals surface area (Å²) in [7, 11) is 0. The lowest BCUT2D eigenvalue weighted by molar-refractivity contribution is -0.142. The molecule has 1 aromatic rings. The molecule has 148 valence electrons. The van der Waals surface area contributed by atoms with Crippen LogP contribution in [0.25, 0.3) is 0 Å². The molecule has 3 rings (SSSR count). The van der Waals surface area contributed by atoms with Crippen molar-refractivity contribution in [2.75, 3.05) is 13.1 Å². The van der Waals surface area contributed by atoms with E-state index in [1.165, 1.54) is 6.92 Å². The molecule has 0 radical (unpaired) electrons. The standard InChI is InChI=1S/C19H28N4O4/c1-12(2)7-17-18(25)22-10-14(21-13(3)24)8-15(22)11-23(17)19(26)20-9-16-5-4-6-27-16/h4-6,12,14-15,17H,7-11H2,1-3H3,(H,20,26)(H,21,24)/t14-,15-,17-/m0/s1. The van der Waals surface area contributed by atoms with E-state index in [4.69, 9.17) is 4.42 Å². The minimum absolute atomic E-state index is 0.0269. The summed E-state index contributed by atoms with van der Waals surface area (Å²) >= 11 is 0. The van der Waals surface area contributed by atoms with E-state index in [2.05, 4.69) is 10.6 Å². The molecule has 8 nitrogen and oxygen atoms in total. The zero-order valence-corrected chi connectivity index (χ0v) is 16.1. The summed E-state index contributed by atoms with van der Waals surface area (Å²) in [5.41, 5.74) is 0. The van der Waals surface area contributed by atoms with Crippen molar-refractivity contribution in [2.45, 2.75) is 58.3 Å². The number of carbonyl (C=O) groups excluding carboxylic acids is 3.